The number of rotatable bonds is 0. The molecule has 1 N–H and O–H groups in total. The van der Waals surface area contributed by atoms with E-state index in [0.717, 1.165) is 4.47 Å². The van der Waals surface area contributed by atoms with Gasteiger partial charge < -0.3 is 5.11 Å². The number of phenolic OH excluding ortho intramolecular Hbond substituents is 1. The standard InChI is InChI=1S/C9H5BrO2/c10-8-3-4-9(12)7(6-8)2-1-5-11/h3-6,12H. The summed E-state index contributed by atoms with van der Waals surface area (Å²) in [6, 6.07) is 4.85. The lowest BCUT2D eigenvalue weighted by atomic mass is 10.2. The highest BCUT2D eigenvalue weighted by Crippen LogP contribution is 2.20. The molecule has 0 aliphatic carbocycles. The third-order valence-corrected chi connectivity index (χ3v) is 1.72. The zero-order chi connectivity index (χ0) is 8.97. The van der Waals surface area contributed by atoms with Crippen molar-refractivity contribution in [3.05, 3.63) is 28.2 Å². The molecule has 1 aromatic rings. The summed E-state index contributed by atoms with van der Waals surface area (Å²) in [5.74, 6) is 4.80. The van der Waals surface area contributed by atoms with Crippen molar-refractivity contribution >= 4 is 22.2 Å². The first-order valence-electron chi connectivity index (χ1n) is 3.18. The van der Waals surface area contributed by atoms with Crippen LogP contribution in [0.25, 0.3) is 0 Å². The number of carbonyl (C=O) groups excluding carboxylic acids is 1. The first-order chi connectivity index (χ1) is 5.74. The fourth-order valence-corrected chi connectivity index (χ4v) is 1.08. The molecule has 0 aliphatic heterocycles. The van der Waals surface area contributed by atoms with Gasteiger partial charge in [-0.25, -0.2) is 0 Å². The molecular formula is C9H5BrO2. The monoisotopic (exact) mass is 224 g/mol. The van der Waals surface area contributed by atoms with E-state index in [1.165, 1.54) is 6.07 Å². The van der Waals surface area contributed by atoms with Crippen molar-refractivity contribution in [1.29, 1.82) is 0 Å². The van der Waals surface area contributed by atoms with Crippen molar-refractivity contribution in [2.75, 3.05) is 0 Å². The Morgan fingerprint density at radius 2 is 2.25 bits per heavy atom. The van der Waals surface area contributed by atoms with Gasteiger partial charge in [0.2, 0.25) is 0 Å². The van der Waals surface area contributed by atoms with Crippen molar-refractivity contribution in [3.63, 3.8) is 0 Å². The molecule has 0 spiro atoms. The summed E-state index contributed by atoms with van der Waals surface area (Å²) in [4.78, 5) is 9.91. The molecule has 2 nitrogen and oxygen atoms in total. The second-order valence-electron chi connectivity index (χ2n) is 2.05. The number of aromatic hydroxyl groups is 1. The molecule has 1 aromatic carbocycles. The Bertz CT molecular complexity index is 361. The van der Waals surface area contributed by atoms with Gasteiger partial charge in [0.05, 0.1) is 5.56 Å². The topological polar surface area (TPSA) is 37.3 Å². The second-order valence-corrected chi connectivity index (χ2v) is 2.96. The molecule has 0 fully saturated rings. The number of benzene rings is 1. The second kappa shape index (κ2) is 3.93. The maximum atomic E-state index is 9.91. The molecule has 0 heterocycles. The van der Waals surface area contributed by atoms with E-state index >= 15 is 0 Å². The van der Waals surface area contributed by atoms with Gasteiger partial charge >= 0.3 is 0 Å². The van der Waals surface area contributed by atoms with Gasteiger partial charge in [0, 0.05) is 4.47 Å². The third-order valence-electron chi connectivity index (χ3n) is 1.22. The Morgan fingerprint density at radius 1 is 1.50 bits per heavy atom. The van der Waals surface area contributed by atoms with Crippen LogP contribution in [-0.2, 0) is 4.79 Å². The summed E-state index contributed by atoms with van der Waals surface area (Å²) in [6.45, 7) is 0. The van der Waals surface area contributed by atoms with Crippen LogP contribution in [0, 0.1) is 11.8 Å². The molecule has 0 radical (unpaired) electrons. The number of hydrogen-bond acceptors (Lipinski definition) is 2. The van der Waals surface area contributed by atoms with E-state index < -0.39 is 0 Å². The van der Waals surface area contributed by atoms with Gasteiger partial charge in [0.25, 0.3) is 0 Å². The predicted octanol–water partition coefficient (Wildman–Crippen LogP) is 1.71. The summed E-state index contributed by atoms with van der Waals surface area (Å²) in [5.41, 5.74) is 0.441. The molecule has 12 heavy (non-hydrogen) atoms. The first-order valence-corrected chi connectivity index (χ1v) is 3.97. The van der Waals surface area contributed by atoms with E-state index in [1.54, 1.807) is 12.1 Å². The van der Waals surface area contributed by atoms with Crippen LogP contribution in [0.15, 0.2) is 22.7 Å². The SMILES string of the molecule is O=CC#Cc1cc(Br)ccc1O. The summed E-state index contributed by atoms with van der Waals surface area (Å²) in [7, 11) is 0. The minimum absolute atomic E-state index is 0.0764. The Morgan fingerprint density at radius 3 is 2.92 bits per heavy atom. The fourth-order valence-electron chi connectivity index (χ4n) is 0.716. The highest BCUT2D eigenvalue weighted by molar-refractivity contribution is 9.10. The minimum atomic E-state index is 0.0764. The van der Waals surface area contributed by atoms with E-state index in [4.69, 9.17) is 0 Å². The van der Waals surface area contributed by atoms with Crippen LogP contribution in [0.4, 0.5) is 0 Å². The average molecular weight is 225 g/mol. The molecule has 0 aliphatic rings. The lowest BCUT2D eigenvalue weighted by Gasteiger charge is -1.95. The molecule has 0 bridgehead atoms. The van der Waals surface area contributed by atoms with Crippen molar-refractivity contribution in [1.82, 2.24) is 0 Å². The number of phenols is 1. The van der Waals surface area contributed by atoms with E-state index in [0.29, 0.717) is 11.8 Å². The van der Waals surface area contributed by atoms with Crippen molar-refractivity contribution in [2.24, 2.45) is 0 Å². The van der Waals surface area contributed by atoms with Crippen molar-refractivity contribution < 1.29 is 9.90 Å². The molecule has 1 rings (SSSR count). The lowest BCUT2D eigenvalue weighted by Crippen LogP contribution is -1.76. The molecular weight excluding hydrogens is 220 g/mol. The molecule has 0 saturated heterocycles. The molecule has 3 heteroatoms. The molecule has 0 amide bonds. The maximum Gasteiger partial charge on any atom is 0.193 e. The van der Waals surface area contributed by atoms with Crippen LogP contribution in [0.5, 0.6) is 5.75 Å². The predicted molar refractivity (Wildman–Crippen MR) is 48.7 cm³/mol. The molecule has 0 atom stereocenters. The summed E-state index contributed by atoms with van der Waals surface area (Å²) < 4.78 is 0.815. The van der Waals surface area contributed by atoms with Gasteiger partial charge in [0.15, 0.2) is 6.29 Å². The summed E-state index contributed by atoms with van der Waals surface area (Å²) >= 11 is 3.22. The van der Waals surface area contributed by atoms with E-state index in [9.17, 15) is 9.90 Å². The first kappa shape index (κ1) is 8.82. The van der Waals surface area contributed by atoms with Gasteiger partial charge in [-0.05, 0) is 24.1 Å². The van der Waals surface area contributed by atoms with Gasteiger partial charge in [0.1, 0.15) is 5.75 Å². The smallest absolute Gasteiger partial charge is 0.193 e. The van der Waals surface area contributed by atoms with Crippen molar-refractivity contribution in [3.8, 4) is 17.6 Å². The zero-order valence-electron chi connectivity index (χ0n) is 6.04. The normalized spacial score (nSPS) is 8.42. The quantitative estimate of drug-likeness (QED) is 0.539. The lowest BCUT2D eigenvalue weighted by molar-refractivity contribution is -0.103. The highest BCUT2D eigenvalue weighted by Gasteiger charge is 1.96. The summed E-state index contributed by atoms with van der Waals surface area (Å²) in [6.07, 6.45) is 0.486. The van der Waals surface area contributed by atoms with Gasteiger partial charge in [-0.2, -0.15) is 0 Å². The molecule has 0 saturated carbocycles. The third kappa shape index (κ3) is 2.11. The minimum Gasteiger partial charge on any atom is -0.507 e. The van der Waals surface area contributed by atoms with Crippen LogP contribution < -0.4 is 0 Å². The average Bonchev–Trinajstić information content (AvgIpc) is 2.07. The number of halogens is 1. The van der Waals surface area contributed by atoms with Crippen LogP contribution >= 0.6 is 15.9 Å². The Balaban J connectivity index is 3.13. The van der Waals surface area contributed by atoms with E-state index in [-0.39, 0.29) is 5.75 Å². The van der Waals surface area contributed by atoms with E-state index in [1.807, 2.05) is 0 Å². The van der Waals surface area contributed by atoms with Crippen molar-refractivity contribution in [2.45, 2.75) is 0 Å². The van der Waals surface area contributed by atoms with Crippen LogP contribution in [-0.4, -0.2) is 11.4 Å². The highest BCUT2D eigenvalue weighted by atomic mass is 79.9. The zero-order valence-corrected chi connectivity index (χ0v) is 7.63. The van der Waals surface area contributed by atoms with Gasteiger partial charge in [-0.3, -0.25) is 4.79 Å². The largest absolute Gasteiger partial charge is 0.507 e. The number of hydrogen-bond donors (Lipinski definition) is 1. The van der Waals surface area contributed by atoms with Gasteiger partial charge in [-0.15, -0.1) is 0 Å². The maximum absolute atomic E-state index is 9.91. The van der Waals surface area contributed by atoms with Crippen LogP contribution in [0.1, 0.15) is 5.56 Å². The summed E-state index contributed by atoms with van der Waals surface area (Å²) in [5, 5.41) is 9.22. The Kier molecular flexibility index (Phi) is 2.89. The Labute approximate surface area is 78.3 Å². The molecule has 0 aromatic heterocycles. The Hall–Kier alpha value is -1.27. The number of carbonyl (C=O) groups is 1. The molecule has 60 valence electrons. The van der Waals surface area contributed by atoms with E-state index in [2.05, 4.69) is 27.8 Å². The molecule has 0 unspecified atom stereocenters. The number of aldehydes is 1. The van der Waals surface area contributed by atoms with Crippen LogP contribution in [0.3, 0.4) is 0 Å². The van der Waals surface area contributed by atoms with Crippen LogP contribution in [0.2, 0.25) is 0 Å². The fraction of sp³-hybridized carbons (Fsp3) is 0. The van der Waals surface area contributed by atoms with Gasteiger partial charge in [-0.1, -0.05) is 21.9 Å².